The van der Waals surface area contributed by atoms with Gasteiger partial charge in [0.25, 0.3) is 0 Å². The van der Waals surface area contributed by atoms with Gasteiger partial charge in [-0.2, -0.15) is 0 Å². The van der Waals surface area contributed by atoms with Gasteiger partial charge in [-0.3, -0.25) is 0 Å². The van der Waals surface area contributed by atoms with Crippen molar-refractivity contribution in [3.05, 3.63) is 40.8 Å². The van der Waals surface area contributed by atoms with Crippen molar-refractivity contribution >= 4 is 11.8 Å². The molecule has 0 aliphatic heterocycles. The van der Waals surface area contributed by atoms with Crippen LogP contribution >= 0.6 is 0 Å². The summed E-state index contributed by atoms with van der Waals surface area (Å²) >= 11 is 0. The molecule has 1 aromatic carbocycles. The molecule has 0 saturated heterocycles. The first-order valence-electron chi connectivity index (χ1n) is 5.92. The van der Waals surface area contributed by atoms with Gasteiger partial charge in [-0.05, 0) is 37.6 Å². The molecule has 2 aromatic rings. The van der Waals surface area contributed by atoms with Crippen LogP contribution in [-0.4, -0.2) is 23.0 Å². The van der Waals surface area contributed by atoms with Crippen LogP contribution in [0.3, 0.4) is 0 Å². The summed E-state index contributed by atoms with van der Waals surface area (Å²) in [4.78, 5) is 19.8. The summed E-state index contributed by atoms with van der Waals surface area (Å²) in [5.74, 6) is -0.685. The highest BCUT2D eigenvalue weighted by molar-refractivity contribution is 5.95. The number of aromatic nitrogens is 2. The minimum absolute atomic E-state index is 0.0151. The normalized spacial score (nSPS) is 10.4. The largest absolute Gasteiger partial charge is 0.465 e. The second-order valence-electron chi connectivity index (χ2n) is 4.40. The predicted octanol–water partition coefficient (Wildman–Crippen LogP) is 2.27. The van der Waals surface area contributed by atoms with Crippen molar-refractivity contribution in [3.8, 4) is 11.4 Å². The highest BCUT2D eigenvalue weighted by atomic mass is 19.1. The minimum Gasteiger partial charge on any atom is -0.465 e. The predicted molar refractivity (Wildman–Crippen MR) is 72.7 cm³/mol. The fourth-order valence-electron chi connectivity index (χ4n) is 1.94. The second-order valence-corrected chi connectivity index (χ2v) is 4.40. The van der Waals surface area contributed by atoms with Crippen molar-refractivity contribution in [2.45, 2.75) is 13.8 Å². The second kappa shape index (κ2) is 5.24. The zero-order valence-corrected chi connectivity index (χ0v) is 11.4. The Bertz CT molecular complexity index is 643. The molecule has 0 spiro atoms. The van der Waals surface area contributed by atoms with E-state index in [9.17, 15) is 9.18 Å². The molecule has 20 heavy (non-hydrogen) atoms. The SMILES string of the molecule is COC(=O)c1c(C)nc(-c2cc(C)cc(F)c2)nc1N. The molecule has 0 radical (unpaired) electrons. The van der Waals surface area contributed by atoms with Crippen LogP contribution in [0.5, 0.6) is 0 Å². The molecular weight excluding hydrogens is 261 g/mol. The van der Waals surface area contributed by atoms with Gasteiger partial charge in [0, 0.05) is 5.56 Å². The van der Waals surface area contributed by atoms with Gasteiger partial charge in [-0.15, -0.1) is 0 Å². The van der Waals surface area contributed by atoms with E-state index in [0.29, 0.717) is 11.3 Å². The molecule has 0 atom stereocenters. The maximum Gasteiger partial charge on any atom is 0.343 e. The Morgan fingerprint density at radius 1 is 1.25 bits per heavy atom. The van der Waals surface area contributed by atoms with Crippen LogP contribution in [0.1, 0.15) is 21.6 Å². The van der Waals surface area contributed by atoms with Crippen molar-refractivity contribution in [1.29, 1.82) is 0 Å². The highest BCUT2D eigenvalue weighted by Crippen LogP contribution is 2.22. The van der Waals surface area contributed by atoms with E-state index in [2.05, 4.69) is 14.7 Å². The molecule has 0 unspecified atom stereocenters. The number of esters is 1. The van der Waals surface area contributed by atoms with Gasteiger partial charge in [0.15, 0.2) is 5.82 Å². The Balaban J connectivity index is 2.57. The molecule has 5 nitrogen and oxygen atoms in total. The lowest BCUT2D eigenvalue weighted by atomic mass is 10.1. The quantitative estimate of drug-likeness (QED) is 0.850. The van der Waals surface area contributed by atoms with Crippen molar-refractivity contribution in [1.82, 2.24) is 9.97 Å². The van der Waals surface area contributed by atoms with Crippen LogP contribution in [0.2, 0.25) is 0 Å². The number of methoxy groups -OCH3 is 1. The average Bonchev–Trinajstić information content (AvgIpc) is 2.36. The van der Waals surface area contributed by atoms with E-state index >= 15 is 0 Å². The molecule has 1 heterocycles. The molecule has 0 amide bonds. The van der Waals surface area contributed by atoms with Crippen LogP contribution in [-0.2, 0) is 4.74 Å². The molecule has 0 aliphatic carbocycles. The topological polar surface area (TPSA) is 78.1 Å². The first kappa shape index (κ1) is 13.9. The average molecular weight is 275 g/mol. The van der Waals surface area contributed by atoms with E-state index in [-0.39, 0.29) is 23.0 Å². The van der Waals surface area contributed by atoms with E-state index in [4.69, 9.17) is 5.73 Å². The Morgan fingerprint density at radius 2 is 1.95 bits per heavy atom. The third-order valence-corrected chi connectivity index (χ3v) is 2.81. The van der Waals surface area contributed by atoms with Crippen molar-refractivity contribution in [3.63, 3.8) is 0 Å². The van der Waals surface area contributed by atoms with Gasteiger partial charge < -0.3 is 10.5 Å². The number of hydrogen-bond donors (Lipinski definition) is 1. The van der Waals surface area contributed by atoms with Crippen LogP contribution in [0.15, 0.2) is 18.2 Å². The van der Waals surface area contributed by atoms with Crippen molar-refractivity contribution in [2.24, 2.45) is 0 Å². The summed E-state index contributed by atoms with van der Waals surface area (Å²) in [7, 11) is 1.26. The zero-order valence-electron chi connectivity index (χ0n) is 11.4. The van der Waals surface area contributed by atoms with Gasteiger partial charge in [-0.25, -0.2) is 19.2 Å². The standard InChI is InChI=1S/C14H14FN3O2/c1-7-4-9(6-10(15)5-7)13-17-8(2)11(12(16)18-13)14(19)20-3/h4-6H,1-3H3,(H2,16,17,18). The van der Waals surface area contributed by atoms with Crippen molar-refractivity contribution < 1.29 is 13.9 Å². The van der Waals surface area contributed by atoms with E-state index in [1.807, 2.05) is 0 Å². The third kappa shape index (κ3) is 2.59. The number of ether oxygens (including phenoxy) is 1. The molecular formula is C14H14FN3O2. The minimum atomic E-state index is -0.595. The molecule has 0 saturated carbocycles. The zero-order chi connectivity index (χ0) is 14.9. The first-order valence-corrected chi connectivity index (χ1v) is 5.92. The van der Waals surface area contributed by atoms with E-state index in [1.165, 1.54) is 19.2 Å². The number of rotatable bonds is 2. The molecule has 0 bridgehead atoms. The Hall–Kier alpha value is -2.50. The van der Waals surface area contributed by atoms with Gasteiger partial charge in [0.05, 0.1) is 12.8 Å². The maximum atomic E-state index is 13.4. The summed E-state index contributed by atoms with van der Waals surface area (Å²) in [6.45, 7) is 3.39. The molecule has 2 rings (SSSR count). The summed E-state index contributed by atoms with van der Waals surface area (Å²) in [6, 6.07) is 4.47. The molecule has 6 heteroatoms. The van der Waals surface area contributed by atoms with Gasteiger partial charge in [0.1, 0.15) is 17.2 Å². The van der Waals surface area contributed by atoms with Gasteiger partial charge in [0.2, 0.25) is 0 Å². The summed E-state index contributed by atoms with van der Waals surface area (Å²) in [6.07, 6.45) is 0. The Labute approximate surface area is 115 Å². The number of aryl methyl sites for hydroxylation is 2. The van der Waals surface area contributed by atoms with Crippen LogP contribution in [0.25, 0.3) is 11.4 Å². The molecule has 104 valence electrons. The van der Waals surface area contributed by atoms with Crippen molar-refractivity contribution in [2.75, 3.05) is 12.8 Å². The molecule has 0 fully saturated rings. The smallest absolute Gasteiger partial charge is 0.343 e. The van der Waals surface area contributed by atoms with Gasteiger partial charge in [-0.1, -0.05) is 0 Å². The maximum absolute atomic E-state index is 13.4. The lowest BCUT2D eigenvalue weighted by Crippen LogP contribution is -2.12. The van der Waals surface area contributed by atoms with E-state index < -0.39 is 5.97 Å². The fourth-order valence-corrected chi connectivity index (χ4v) is 1.94. The number of hydrogen-bond acceptors (Lipinski definition) is 5. The monoisotopic (exact) mass is 275 g/mol. The lowest BCUT2D eigenvalue weighted by molar-refractivity contribution is 0.0600. The molecule has 1 aromatic heterocycles. The van der Waals surface area contributed by atoms with Crippen LogP contribution in [0, 0.1) is 19.7 Å². The number of carbonyl (C=O) groups excluding carboxylic acids is 1. The number of benzene rings is 1. The number of anilines is 1. The Morgan fingerprint density at radius 3 is 2.50 bits per heavy atom. The third-order valence-electron chi connectivity index (χ3n) is 2.81. The highest BCUT2D eigenvalue weighted by Gasteiger charge is 2.18. The fraction of sp³-hybridized carbons (Fsp3) is 0.214. The van der Waals surface area contributed by atoms with Crippen LogP contribution in [0.4, 0.5) is 10.2 Å². The summed E-state index contributed by atoms with van der Waals surface area (Å²) in [5, 5.41) is 0. The van der Waals surface area contributed by atoms with E-state index in [0.717, 1.165) is 5.56 Å². The number of nitrogen functional groups attached to an aromatic ring is 1. The summed E-state index contributed by atoms with van der Waals surface area (Å²) in [5.41, 5.74) is 7.54. The molecule has 2 N–H and O–H groups in total. The number of halogens is 1. The first-order chi connectivity index (χ1) is 9.42. The van der Waals surface area contributed by atoms with Gasteiger partial charge >= 0.3 is 5.97 Å². The van der Waals surface area contributed by atoms with E-state index in [1.54, 1.807) is 19.9 Å². The lowest BCUT2D eigenvalue weighted by Gasteiger charge is -2.09. The number of carbonyl (C=O) groups is 1. The van der Waals surface area contributed by atoms with Crippen LogP contribution < -0.4 is 5.73 Å². The summed E-state index contributed by atoms with van der Waals surface area (Å²) < 4.78 is 18.0. The Kier molecular flexibility index (Phi) is 3.65. The number of nitrogens with zero attached hydrogens (tertiary/aromatic N) is 2. The molecule has 0 aliphatic rings. The number of nitrogens with two attached hydrogens (primary N) is 1.